The van der Waals surface area contributed by atoms with Gasteiger partial charge in [0, 0.05) is 23.3 Å². The summed E-state index contributed by atoms with van der Waals surface area (Å²) in [6, 6.07) is 12.4. The van der Waals surface area contributed by atoms with Crippen molar-refractivity contribution in [2.75, 3.05) is 5.43 Å². The van der Waals surface area contributed by atoms with Crippen molar-refractivity contribution < 1.29 is 10.0 Å². The molecule has 2 saturated carbocycles. The first-order valence-electron chi connectivity index (χ1n) is 10.8. The number of aromatic hydroxyl groups is 1. The second-order valence-electron chi connectivity index (χ2n) is 9.27. The van der Waals surface area contributed by atoms with Gasteiger partial charge in [-0.05, 0) is 85.6 Å². The summed E-state index contributed by atoms with van der Waals surface area (Å²) in [6.07, 6.45) is 6.60. The minimum absolute atomic E-state index is 0.0723. The van der Waals surface area contributed by atoms with Gasteiger partial charge < -0.3 is 5.11 Å². The Balaban J connectivity index is 1.38. The summed E-state index contributed by atoms with van der Waals surface area (Å²) < 4.78 is 0. The molecule has 156 valence electrons. The molecule has 5 rings (SSSR count). The highest BCUT2D eigenvalue weighted by atomic mass is 16.6. The highest BCUT2D eigenvalue weighted by molar-refractivity contribution is 5.93. The average Bonchev–Trinajstić information content (AvgIpc) is 3.08. The molecule has 0 bridgehead atoms. The smallest absolute Gasteiger partial charge is 0.271 e. The maximum Gasteiger partial charge on any atom is 0.271 e. The van der Waals surface area contributed by atoms with Crippen LogP contribution in [-0.4, -0.2) is 15.7 Å². The number of nitro groups is 1. The Hall–Kier alpha value is -2.89. The Bertz CT molecular complexity index is 1030. The summed E-state index contributed by atoms with van der Waals surface area (Å²) in [5.41, 5.74) is 7.86. The second kappa shape index (κ2) is 7.11. The molecule has 3 aliphatic rings. The molecule has 2 aromatic carbocycles. The number of benzene rings is 2. The molecule has 30 heavy (non-hydrogen) atoms. The lowest BCUT2D eigenvalue weighted by molar-refractivity contribution is -0.384. The van der Waals surface area contributed by atoms with Gasteiger partial charge in [0.15, 0.2) is 0 Å². The van der Waals surface area contributed by atoms with Crippen molar-refractivity contribution >= 4 is 17.1 Å². The van der Waals surface area contributed by atoms with Crippen LogP contribution in [0, 0.1) is 27.4 Å². The summed E-state index contributed by atoms with van der Waals surface area (Å²) in [5.74, 6) is 2.22. The van der Waals surface area contributed by atoms with Gasteiger partial charge in [-0.25, -0.2) is 0 Å². The number of nitrogens with zero attached hydrogens (tertiary/aromatic N) is 2. The van der Waals surface area contributed by atoms with Gasteiger partial charge in [-0.1, -0.05) is 19.1 Å². The Morgan fingerprint density at radius 2 is 2.03 bits per heavy atom. The molecule has 2 aromatic rings. The molecule has 0 saturated heterocycles. The Kier molecular flexibility index (Phi) is 4.53. The van der Waals surface area contributed by atoms with Gasteiger partial charge in [0.1, 0.15) is 5.75 Å². The van der Waals surface area contributed by atoms with E-state index >= 15 is 0 Å². The summed E-state index contributed by atoms with van der Waals surface area (Å²) in [6.45, 7) is 2.36. The zero-order valence-corrected chi connectivity index (χ0v) is 17.2. The summed E-state index contributed by atoms with van der Waals surface area (Å²) >= 11 is 0. The van der Waals surface area contributed by atoms with Crippen molar-refractivity contribution in [2.24, 2.45) is 22.4 Å². The number of non-ortho nitro benzene ring substituents is 1. The monoisotopic (exact) mass is 405 g/mol. The van der Waals surface area contributed by atoms with Gasteiger partial charge in [-0.3, -0.25) is 15.5 Å². The minimum atomic E-state index is -0.382. The van der Waals surface area contributed by atoms with Gasteiger partial charge in [0.05, 0.1) is 10.6 Å². The van der Waals surface area contributed by atoms with Crippen molar-refractivity contribution in [3.05, 3.63) is 63.7 Å². The van der Waals surface area contributed by atoms with E-state index < -0.39 is 0 Å². The number of hydrazone groups is 1. The van der Waals surface area contributed by atoms with Gasteiger partial charge in [0.25, 0.3) is 5.69 Å². The zero-order valence-electron chi connectivity index (χ0n) is 17.2. The van der Waals surface area contributed by atoms with E-state index in [4.69, 9.17) is 5.10 Å². The largest absolute Gasteiger partial charge is 0.508 e. The minimum Gasteiger partial charge on any atom is -0.508 e. The van der Waals surface area contributed by atoms with Crippen LogP contribution in [0.3, 0.4) is 0 Å². The van der Waals surface area contributed by atoms with E-state index in [1.807, 2.05) is 18.2 Å². The molecule has 0 heterocycles. The molecule has 0 amide bonds. The van der Waals surface area contributed by atoms with Gasteiger partial charge in [0.2, 0.25) is 0 Å². The van der Waals surface area contributed by atoms with Crippen LogP contribution in [0.15, 0.2) is 47.6 Å². The highest BCUT2D eigenvalue weighted by Gasteiger charge is 2.53. The van der Waals surface area contributed by atoms with Crippen LogP contribution < -0.4 is 5.43 Å². The van der Waals surface area contributed by atoms with Crippen LogP contribution in [0.1, 0.15) is 56.1 Å². The van der Waals surface area contributed by atoms with E-state index in [0.29, 0.717) is 29.2 Å². The maximum absolute atomic E-state index is 11.0. The fourth-order valence-corrected chi connectivity index (χ4v) is 6.36. The lowest BCUT2D eigenvalue weighted by Crippen LogP contribution is -2.42. The molecule has 0 unspecified atom stereocenters. The fraction of sp³-hybridized carbons (Fsp3) is 0.458. The molecule has 0 radical (unpaired) electrons. The number of phenols is 1. The Morgan fingerprint density at radius 3 is 2.87 bits per heavy atom. The first-order chi connectivity index (χ1) is 14.5. The van der Waals surface area contributed by atoms with E-state index in [0.717, 1.165) is 32.1 Å². The van der Waals surface area contributed by atoms with Crippen molar-refractivity contribution in [3.63, 3.8) is 0 Å². The molecular weight excluding hydrogens is 378 g/mol. The van der Waals surface area contributed by atoms with E-state index in [9.17, 15) is 15.2 Å². The summed E-state index contributed by atoms with van der Waals surface area (Å²) in [4.78, 5) is 10.6. The molecule has 3 aliphatic carbocycles. The average molecular weight is 405 g/mol. The van der Waals surface area contributed by atoms with Crippen molar-refractivity contribution in [2.45, 2.75) is 51.4 Å². The van der Waals surface area contributed by atoms with Crippen LogP contribution in [0.2, 0.25) is 0 Å². The van der Waals surface area contributed by atoms with Crippen molar-refractivity contribution in [1.82, 2.24) is 0 Å². The number of anilines is 1. The number of hydrogen-bond donors (Lipinski definition) is 2. The number of nitrogens with one attached hydrogen (secondary N) is 1. The molecule has 2 fully saturated rings. The van der Waals surface area contributed by atoms with Crippen LogP contribution in [0.4, 0.5) is 11.4 Å². The lowest BCUT2D eigenvalue weighted by atomic mass is 9.55. The number of hydrogen-bond acceptors (Lipinski definition) is 5. The van der Waals surface area contributed by atoms with Crippen molar-refractivity contribution in [3.8, 4) is 5.75 Å². The van der Waals surface area contributed by atoms with Crippen LogP contribution in [0.5, 0.6) is 5.75 Å². The normalized spacial score (nSPS) is 31.0. The first kappa shape index (κ1) is 19.1. The predicted octanol–water partition coefficient (Wildman–Crippen LogP) is 5.62. The highest BCUT2D eigenvalue weighted by Crippen LogP contribution is 2.60. The summed E-state index contributed by atoms with van der Waals surface area (Å²) in [5, 5.41) is 25.6. The number of fused-ring (bicyclic) bond motifs is 5. The molecule has 6 nitrogen and oxygen atoms in total. The van der Waals surface area contributed by atoms with E-state index in [1.165, 1.54) is 35.4 Å². The van der Waals surface area contributed by atoms with E-state index in [-0.39, 0.29) is 16.0 Å². The number of rotatable bonds is 3. The topological polar surface area (TPSA) is 87.8 Å². The third-order valence-corrected chi connectivity index (χ3v) is 7.83. The third-order valence-electron chi connectivity index (χ3n) is 7.83. The molecular formula is C24H27N3O3. The molecule has 0 spiro atoms. The lowest BCUT2D eigenvalue weighted by Gasteiger charge is -2.49. The van der Waals surface area contributed by atoms with Crippen LogP contribution >= 0.6 is 0 Å². The third kappa shape index (κ3) is 3.06. The second-order valence-corrected chi connectivity index (χ2v) is 9.27. The Labute approximate surface area is 176 Å². The number of aryl methyl sites for hydroxylation is 1. The zero-order chi connectivity index (χ0) is 20.9. The fourth-order valence-electron chi connectivity index (χ4n) is 6.36. The molecule has 4 atom stereocenters. The number of nitro benzene ring substituents is 1. The SMILES string of the molecule is C[C@@]12CC[C@@H]3c4ccc(O)cc4CC[C@@H]3[C@@H]1CC/C2=N/Nc1cccc([N+](=O)[O-])c1. The van der Waals surface area contributed by atoms with Crippen molar-refractivity contribution in [1.29, 1.82) is 0 Å². The van der Waals surface area contributed by atoms with Gasteiger partial charge in [-0.2, -0.15) is 5.10 Å². The van der Waals surface area contributed by atoms with Gasteiger partial charge >= 0.3 is 0 Å². The molecule has 0 aromatic heterocycles. The van der Waals surface area contributed by atoms with E-state index in [2.05, 4.69) is 18.4 Å². The van der Waals surface area contributed by atoms with E-state index in [1.54, 1.807) is 6.07 Å². The standard InChI is InChI=1S/C24H27N3O3/c1-24-12-11-20-19-8-6-18(28)13-15(19)5-7-21(20)22(24)9-10-23(24)26-25-16-3-2-4-17(14-16)27(29)30/h2-4,6,8,13-14,20-22,25,28H,5,7,9-12H2,1H3/b26-23-/t20-,21+,22+,24-/m1/s1. The molecule has 2 N–H and O–H groups in total. The molecule has 0 aliphatic heterocycles. The van der Waals surface area contributed by atoms with Gasteiger partial charge in [-0.15, -0.1) is 0 Å². The maximum atomic E-state index is 11.0. The summed E-state index contributed by atoms with van der Waals surface area (Å²) in [7, 11) is 0. The van der Waals surface area contributed by atoms with Crippen LogP contribution in [-0.2, 0) is 6.42 Å². The van der Waals surface area contributed by atoms with Crippen LogP contribution in [0.25, 0.3) is 0 Å². The molecule has 6 heteroatoms. The first-order valence-corrected chi connectivity index (χ1v) is 10.8. The quantitative estimate of drug-likeness (QED) is 0.512. The number of phenolic OH excluding ortho intramolecular Hbond substituents is 1. The Morgan fingerprint density at radius 1 is 1.17 bits per heavy atom. The predicted molar refractivity (Wildman–Crippen MR) is 117 cm³/mol.